The molecule has 1 heterocycles. The second-order valence-electron chi connectivity index (χ2n) is 13.9. The summed E-state index contributed by atoms with van der Waals surface area (Å²) in [6, 6.07) is 33.4. The second kappa shape index (κ2) is 10.3. The number of fused-ring (bicyclic) bond motifs is 8. The van der Waals surface area contributed by atoms with Gasteiger partial charge in [-0.1, -0.05) is 0 Å². The van der Waals surface area contributed by atoms with Gasteiger partial charge in [-0.05, 0) is 0 Å². The van der Waals surface area contributed by atoms with E-state index in [1.165, 1.54) is 33.4 Å². The molecule has 7 rings (SSSR count). The van der Waals surface area contributed by atoms with Crippen molar-refractivity contribution in [1.29, 1.82) is 0 Å². The molecule has 0 aromatic heterocycles. The van der Waals surface area contributed by atoms with Crippen LogP contribution in [0.1, 0.15) is 94.0 Å². The Bertz CT molecular complexity index is 1650. The van der Waals surface area contributed by atoms with Crippen LogP contribution < -0.4 is 0 Å². The third kappa shape index (κ3) is 4.16. The SMILES string of the molecule is CC1=C2c3c(-c4ccc(C(C)C)cc4)cccc3[CH]1[Zr][CH]1C(C)=C(c3c(-c4ccc(C(C)C)cc4)cccc31)[Si]2(C)C. The predicted octanol–water partition coefficient (Wildman–Crippen LogP) is 11.5. The Morgan fingerprint density at radius 1 is 0.548 bits per heavy atom. The van der Waals surface area contributed by atoms with Crippen LogP contribution in [-0.2, 0) is 23.2 Å². The van der Waals surface area contributed by atoms with E-state index in [0.717, 1.165) is 0 Å². The first-order valence-corrected chi connectivity index (χ1v) is 21.6. The van der Waals surface area contributed by atoms with Gasteiger partial charge >= 0.3 is 267 Å². The molecule has 2 atom stereocenters. The molecule has 0 radical (unpaired) electrons. The van der Waals surface area contributed by atoms with E-state index >= 15 is 0 Å². The Kier molecular flexibility index (Phi) is 6.91. The average molecular weight is 642 g/mol. The Morgan fingerprint density at radius 2 is 0.929 bits per heavy atom. The Labute approximate surface area is 265 Å². The molecule has 2 unspecified atom stereocenters. The molecule has 4 bridgehead atoms. The van der Waals surface area contributed by atoms with E-state index in [4.69, 9.17) is 0 Å². The number of hydrogen-bond acceptors (Lipinski definition) is 0. The van der Waals surface area contributed by atoms with E-state index in [1.54, 1.807) is 43.8 Å². The zero-order valence-electron chi connectivity index (χ0n) is 26.4. The van der Waals surface area contributed by atoms with Gasteiger partial charge in [-0.25, -0.2) is 0 Å². The first-order chi connectivity index (χ1) is 20.1. The summed E-state index contributed by atoms with van der Waals surface area (Å²) in [5.41, 5.74) is 18.4. The number of hydrogen-bond donors (Lipinski definition) is 0. The zero-order valence-corrected chi connectivity index (χ0v) is 29.9. The van der Waals surface area contributed by atoms with Crippen LogP contribution in [0.3, 0.4) is 0 Å². The molecule has 1 aliphatic heterocycles. The molecule has 4 aromatic carbocycles. The van der Waals surface area contributed by atoms with Crippen LogP contribution in [0.5, 0.6) is 0 Å². The second-order valence-corrected chi connectivity index (χ2v) is 21.8. The summed E-state index contributed by atoms with van der Waals surface area (Å²) >= 11 is -0.895. The average Bonchev–Trinajstić information content (AvgIpc) is 3.45. The summed E-state index contributed by atoms with van der Waals surface area (Å²) in [6.07, 6.45) is 0. The van der Waals surface area contributed by atoms with Crippen LogP contribution >= 0.6 is 0 Å². The Hall–Kier alpha value is -2.54. The molecule has 210 valence electrons. The molecule has 4 aromatic rings. The van der Waals surface area contributed by atoms with Crippen molar-refractivity contribution in [3.05, 3.63) is 129 Å². The van der Waals surface area contributed by atoms with Gasteiger partial charge in [0.1, 0.15) is 0 Å². The van der Waals surface area contributed by atoms with Crippen molar-refractivity contribution >= 4 is 18.5 Å². The topological polar surface area (TPSA) is 0 Å². The van der Waals surface area contributed by atoms with Gasteiger partial charge in [-0.15, -0.1) is 0 Å². The predicted molar refractivity (Wildman–Crippen MR) is 180 cm³/mol. The van der Waals surface area contributed by atoms with Crippen LogP contribution in [0.15, 0.2) is 96.1 Å². The molecule has 2 aliphatic carbocycles. The minimum absolute atomic E-state index is 0.553. The van der Waals surface area contributed by atoms with E-state index < -0.39 is 31.3 Å². The minimum atomic E-state index is -2.08. The molecule has 0 saturated carbocycles. The van der Waals surface area contributed by atoms with Crippen molar-refractivity contribution in [3.63, 3.8) is 0 Å². The van der Waals surface area contributed by atoms with Gasteiger partial charge in [-0.2, -0.15) is 0 Å². The van der Waals surface area contributed by atoms with Crippen LogP contribution in [0.2, 0.25) is 13.1 Å². The molecule has 42 heavy (non-hydrogen) atoms. The normalized spacial score (nSPS) is 20.0. The molecule has 3 aliphatic rings. The molecule has 0 saturated heterocycles. The maximum atomic E-state index is 2.66. The van der Waals surface area contributed by atoms with E-state index in [0.29, 0.717) is 19.1 Å². The van der Waals surface area contributed by atoms with Crippen molar-refractivity contribution in [1.82, 2.24) is 0 Å². The first-order valence-electron chi connectivity index (χ1n) is 15.7. The summed E-state index contributed by atoms with van der Waals surface area (Å²) in [4.78, 5) is 0. The van der Waals surface area contributed by atoms with E-state index in [9.17, 15) is 0 Å². The van der Waals surface area contributed by atoms with Gasteiger partial charge in [0.05, 0.1) is 0 Å². The molecule has 0 spiro atoms. The Balaban J connectivity index is 1.42. The van der Waals surface area contributed by atoms with Crippen LogP contribution in [0.4, 0.5) is 0 Å². The number of allylic oxidation sites excluding steroid dienone is 2. The Morgan fingerprint density at radius 3 is 1.29 bits per heavy atom. The van der Waals surface area contributed by atoms with Crippen molar-refractivity contribution < 1.29 is 23.2 Å². The van der Waals surface area contributed by atoms with Crippen LogP contribution in [0, 0.1) is 0 Å². The fourth-order valence-corrected chi connectivity index (χ4v) is 18.1. The van der Waals surface area contributed by atoms with Crippen molar-refractivity contribution in [2.45, 2.75) is 73.7 Å². The van der Waals surface area contributed by atoms with E-state index in [2.05, 4.69) is 140 Å². The van der Waals surface area contributed by atoms with Gasteiger partial charge in [0.25, 0.3) is 0 Å². The van der Waals surface area contributed by atoms with Crippen molar-refractivity contribution in [2.24, 2.45) is 0 Å². The summed E-state index contributed by atoms with van der Waals surface area (Å²) in [7, 11) is -2.08. The number of rotatable bonds is 4. The third-order valence-corrected chi connectivity index (χ3v) is 19.4. The van der Waals surface area contributed by atoms with Gasteiger partial charge in [0.2, 0.25) is 0 Å². The fourth-order valence-electron chi connectivity index (χ4n) is 8.24. The first kappa shape index (κ1) is 28.2. The molecule has 2 heteroatoms. The third-order valence-electron chi connectivity index (χ3n) is 10.3. The number of benzene rings is 4. The molecular formula is C40H42SiZr. The zero-order chi connectivity index (χ0) is 29.5. The molecule has 0 fully saturated rings. The van der Waals surface area contributed by atoms with Gasteiger partial charge in [0.15, 0.2) is 0 Å². The molecule has 0 amide bonds. The van der Waals surface area contributed by atoms with E-state index in [1.807, 2.05) is 0 Å². The maximum absolute atomic E-state index is 2.66. The molecule has 0 N–H and O–H groups in total. The summed E-state index contributed by atoms with van der Waals surface area (Å²) in [6.45, 7) is 19.5. The monoisotopic (exact) mass is 640 g/mol. The standard InChI is InChI=1S/C40H42Si.Zr/c1-25(2)29-15-19-31(20-16-29)35-13-9-11-33-23-27(5)39(37(33)35)41(7,8)40-28(6)24-34-12-10-14-36(38(34)40)32-21-17-30(18-22-32)26(3)4;/h9-26H,1-8H3;. The van der Waals surface area contributed by atoms with Crippen LogP contribution in [0.25, 0.3) is 32.6 Å². The van der Waals surface area contributed by atoms with Gasteiger partial charge < -0.3 is 0 Å². The van der Waals surface area contributed by atoms with Gasteiger partial charge in [-0.3, -0.25) is 0 Å². The van der Waals surface area contributed by atoms with Crippen molar-refractivity contribution in [3.8, 4) is 22.3 Å². The summed E-state index contributed by atoms with van der Waals surface area (Å²) in [5, 5.41) is 3.47. The van der Waals surface area contributed by atoms with E-state index in [-0.39, 0.29) is 0 Å². The molecule has 0 nitrogen and oxygen atoms in total. The summed E-state index contributed by atoms with van der Waals surface area (Å²) < 4.78 is 1.31. The van der Waals surface area contributed by atoms with Gasteiger partial charge in [0, 0.05) is 0 Å². The quantitative estimate of drug-likeness (QED) is 0.195. The molecular weight excluding hydrogens is 600 g/mol. The van der Waals surface area contributed by atoms with Crippen LogP contribution in [-0.4, -0.2) is 8.07 Å². The summed E-state index contributed by atoms with van der Waals surface area (Å²) in [5.74, 6) is 1.11. The fraction of sp³-hybridized carbons (Fsp3) is 0.300. The van der Waals surface area contributed by atoms with Crippen molar-refractivity contribution in [2.75, 3.05) is 0 Å².